The van der Waals surface area contributed by atoms with E-state index < -0.39 is 0 Å². The smallest absolute Gasteiger partial charge is 0.102 e. The van der Waals surface area contributed by atoms with E-state index in [2.05, 4.69) is 17.1 Å². The van der Waals surface area contributed by atoms with E-state index in [1.54, 1.807) is 0 Å². The minimum absolute atomic E-state index is 0.218. The van der Waals surface area contributed by atoms with Crippen LogP contribution in [0.3, 0.4) is 0 Å². The van der Waals surface area contributed by atoms with Crippen molar-refractivity contribution in [3.63, 3.8) is 0 Å². The van der Waals surface area contributed by atoms with Crippen LogP contribution in [0.1, 0.15) is 19.8 Å². The molecule has 0 bridgehead atoms. The molecule has 0 saturated carbocycles. The number of likely N-dealkylation sites (N-methyl/N-ethyl adjacent to an activating group) is 1. The Morgan fingerprint density at radius 3 is 2.92 bits per heavy atom. The summed E-state index contributed by atoms with van der Waals surface area (Å²) in [5.74, 6) is 0. The average molecular weight is 174 g/mol. The molecular weight excluding hydrogens is 155 g/mol. The Hall–Kier alpha value is -0.150. The Kier molecular flexibility index (Phi) is 4.54. The zero-order valence-corrected chi connectivity index (χ0v) is 7.85. The molecule has 1 heterocycles. The molecule has 1 aliphatic rings. The van der Waals surface area contributed by atoms with Gasteiger partial charge in [-0.1, -0.05) is 6.92 Å². The summed E-state index contributed by atoms with van der Waals surface area (Å²) in [6, 6.07) is 0.569. The van der Waals surface area contributed by atoms with E-state index >= 15 is 0 Å². The first-order valence-electron chi connectivity index (χ1n) is 4.89. The van der Waals surface area contributed by atoms with Crippen molar-refractivity contribution in [1.82, 2.24) is 10.2 Å². The minimum atomic E-state index is -0.218. The second-order valence-electron chi connectivity index (χ2n) is 3.32. The molecule has 0 spiro atoms. The molecule has 1 saturated heterocycles. The van der Waals surface area contributed by atoms with Crippen LogP contribution in [0.5, 0.6) is 0 Å². The monoisotopic (exact) mass is 174 g/mol. The molecule has 0 amide bonds. The molecule has 12 heavy (non-hydrogen) atoms. The van der Waals surface area contributed by atoms with Gasteiger partial charge in [-0.2, -0.15) is 0 Å². The summed E-state index contributed by atoms with van der Waals surface area (Å²) < 4.78 is 12.1. The molecule has 0 aliphatic carbocycles. The molecule has 0 aromatic carbocycles. The van der Waals surface area contributed by atoms with Crippen LogP contribution in [0.25, 0.3) is 0 Å². The van der Waals surface area contributed by atoms with Gasteiger partial charge in [0.15, 0.2) is 0 Å². The van der Waals surface area contributed by atoms with Crippen LogP contribution in [0.15, 0.2) is 0 Å². The van der Waals surface area contributed by atoms with Gasteiger partial charge in [-0.05, 0) is 25.9 Å². The molecule has 1 unspecified atom stereocenters. The maximum absolute atomic E-state index is 12.1. The van der Waals surface area contributed by atoms with Crippen molar-refractivity contribution in [2.24, 2.45) is 0 Å². The van der Waals surface area contributed by atoms with Gasteiger partial charge in [-0.3, -0.25) is 4.90 Å². The van der Waals surface area contributed by atoms with Crippen molar-refractivity contribution in [3.05, 3.63) is 0 Å². The van der Waals surface area contributed by atoms with E-state index in [4.69, 9.17) is 0 Å². The van der Waals surface area contributed by atoms with Gasteiger partial charge in [-0.25, -0.2) is 4.39 Å². The second-order valence-corrected chi connectivity index (χ2v) is 3.32. The van der Waals surface area contributed by atoms with Gasteiger partial charge in [0, 0.05) is 19.1 Å². The Bertz CT molecular complexity index is 110. The average Bonchev–Trinajstić information content (AvgIpc) is 2.15. The number of hydrogen-bond acceptors (Lipinski definition) is 2. The first kappa shape index (κ1) is 9.93. The number of piperidine rings is 1. The molecule has 0 radical (unpaired) electrons. The molecule has 72 valence electrons. The van der Waals surface area contributed by atoms with Crippen LogP contribution in [0, 0.1) is 0 Å². The topological polar surface area (TPSA) is 15.3 Å². The fourth-order valence-corrected chi connectivity index (χ4v) is 1.85. The van der Waals surface area contributed by atoms with Crippen LogP contribution in [0.2, 0.25) is 0 Å². The molecular formula is C9H19FN2. The highest BCUT2D eigenvalue weighted by molar-refractivity contribution is 4.77. The van der Waals surface area contributed by atoms with E-state index in [1.807, 2.05) is 0 Å². The predicted octanol–water partition coefficient (Wildman–Crippen LogP) is 1.03. The van der Waals surface area contributed by atoms with Crippen molar-refractivity contribution >= 4 is 0 Å². The lowest BCUT2D eigenvalue weighted by molar-refractivity contribution is 0.162. The van der Waals surface area contributed by atoms with Crippen molar-refractivity contribution in [1.29, 1.82) is 0 Å². The van der Waals surface area contributed by atoms with Gasteiger partial charge in [-0.15, -0.1) is 0 Å². The van der Waals surface area contributed by atoms with E-state index in [9.17, 15) is 4.39 Å². The minimum Gasteiger partial charge on any atom is -0.315 e. The number of halogens is 1. The third-order valence-electron chi connectivity index (χ3n) is 2.57. The van der Waals surface area contributed by atoms with Crippen LogP contribution in [-0.2, 0) is 0 Å². The summed E-state index contributed by atoms with van der Waals surface area (Å²) >= 11 is 0. The summed E-state index contributed by atoms with van der Waals surface area (Å²) in [6.07, 6.45) is 2.45. The first-order valence-corrected chi connectivity index (χ1v) is 4.89. The molecule has 0 aromatic heterocycles. The number of nitrogens with zero attached hydrogens (tertiary/aromatic N) is 1. The lowest BCUT2D eigenvalue weighted by Crippen LogP contribution is -2.46. The molecule has 1 fully saturated rings. The number of alkyl halides is 1. The van der Waals surface area contributed by atoms with Crippen molar-refractivity contribution in [2.45, 2.75) is 25.8 Å². The Balaban J connectivity index is 2.29. The van der Waals surface area contributed by atoms with E-state index in [-0.39, 0.29) is 6.67 Å². The molecule has 3 heteroatoms. The zero-order valence-electron chi connectivity index (χ0n) is 7.85. The fourth-order valence-electron chi connectivity index (χ4n) is 1.85. The SMILES string of the molecule is CCN(CCF)C1CCCNC1. The maximum atomic E-state index is 12.1. The van der Waals surface area contributed by atoms with Crippen molar-refractivity contribution < 1.29 is 4.39 Å². The largest absolute Gasteiger partial charge is 0.315 e. The van der Waals surface area contributed by atoms with Crippen LogP contribution < -0.4 is 5.32 Å². The highest BCUT2D eigenvalue weighted by Crippen LogP contribution is 2.09. The van der Waals surface area contributed by atoms with Gasteiger partial charge >= 0.3 is 0 Å². The number of rotatable bonds is 4. The fraction of sp³-hybridized carbons (Fsp3) is 1.00. The molecule has 2 nitrogen and oxygen atoms in total. The number of nitrogens with one attached hydrogen (secondary N) is 1. The zero-order chi connectivity index (χ0) is 8.81. The summed E-state index contributed by atoms with van der Waals surface area (Å²) in [6.45, 7) is 5.62. The van der Waals surface area contributed by atoms with Gasteiger partial charge in [0.2, 0.25) is 0 Å². The Labute approximate surface area is 74.1 Å². The second kappa shape index (κ2) is 5.49. The summed E-state index contributed by atoms with van der Waals surface area (Å²) in [4.78, 5) is 2.23. The molecule has 1 atom stereocenters. The maximum Gasteiger partial charge on any atom is 0.102 e. The predicted molar refractivity (Wildman–Crippen MR) is 49.1 cm³/mol. The third-order valence-corrected chi connectivity index (χ3v) is 2.57. The molecule has 1 rings (SSSR count). The molecule has 1 N–H and O–H groups in total. The van der Waals surface area contributed by atoms with Gasteiger partial charge in [0.05, 0.1) is 0 Å². The summed E-state index contributed by atoms with van der Waals surface area (Å²) in [5.41, 5.74) is 0. The van der Waals surface area contributed by atoms with Crippen LogP contribution >= 0.6 is 0 Å². The van der Waals surface area contributed by atoms with E-state index in [0.29, 0.717) is 12.6 Å². The number of hydrogen-bond donors (Lipinski definition) is 1. The normalized spacial score (nSPS) is 24.8. The third kappa shape index (κ3) is 2.72. The van der Waals surface area contributed by atoms with Crippen LogP contribution in [-0.4, -0.2) is 43.8 Å². The quantitative estimate of drug-likeness (QED) is 0.685. The van der Waals surface area contributed by atoms with Crippen molar-refractivity contribution in [3.8, 4) is 0 Å². The lowest BCUT2D eigenvalue weighted by Gasteiger charge is -2.33. The molecule has 1 aliphatic heterocycles. The van der Waals surface area contributed by atoms with Gasteiger partial charge in [0.25, 0.3) is 0 Å². The first-order chi connectivity index (χ1) is 5.88. The Morgan fingerprint density at radius 1 is 1.58 bits per heavy atom. The molecule has 0 aromatic rings. The highest BCUT2D eigenvalue weighted by Gasteiger charge is 2.18. The van der Waals surface area contributed by atoms with E-state index in [1.165, 1.54) is 12.8 Å². The highest BCUT2D eigenvalue weighted by atomic mass is 19.1. The van der Waals surface area contributed by atoms with Crippen LogP contribution in [0.4, 0.5) is 4.39 Å². The lowest BCUT2D eigenvalue weighted by atomic mass is 10.1. The van der Waals surface area contributed by atoms with Crippen molar-refractivity contribution in [2.75, 3.05) is 32.9 Å². The summed E-state index contributed by atoms with van der Waals surface area (Å²) in [7, 11) is 0. The van der Waals surface area contributed by atoms with Gasteiger partial charge < -0.3 is 5.32 Å². The summed E-state index contributed by atoms with van der Waals surface area (Å²) in [5, 5.41) is 3.34. The Morgan fingerprint density at radius 2 is 2.42 bits per heavy atom. The standard InChI is InChI=1S/C9H19FN2/c1-2-12(7-5-10)9-4-3-6-11-8-9/h9,11H,2-8H2,1H3. The van der Waals surface area contributed by atoms with E-state index in [0.717, 1.165) is 19.6 Å². The van der Waals surface area contributed by atoms with Gasteiger partial charge in [0.1, 0.15) is 6.67 Å².